The Morgan fingerprint density at radius 3 is 2.52 bits per heavy atom. The zero-order valence-electron chi connectivity index (χ0n) is 19.4. The molecular weight excluding hydrogens is 415 g/mol. The number of nitrogens with zero attached hydrogens (tertiary/aromatic N) is 4. The number of hydrogen-bond acceptors (Lipinski definition) is 5. The van der Waals surface area contributed by atoms with Gasteiger partial charge in [0.25, 0.3) is 0 Å². The van der Waals surface area contributed by atoms with E-state index >= 15 is 0 Å². The zero-order chi connectivity index (χ0) is 22.8. The summed E-state index contributed by atoms with van der Waals surface area (Å²) in [6.45, 7) is 8.74. The first-order chi connectivity index (χ1) is 16.0. The molecule has 0 radical (unpaired) electrons. The highest BCUT2D eigenvalue weighted by atomic mass is 19.1. The van der Waals surface area contributed by atoms with Gasteiger partial charge in [0.15, 0.2) is 11.6 Å². The quantitative estimate of drug-likeness (QED) is 0.517. The van der Waals surface area contributed by atoms with Gasteiger partial charge in [0.05, 0.1) is 11.3 Å². The van der Waals surface area contributed by atoms with Gasteiger partial charge in [0.1, 0.15) is 0 Å². The molecule has 0 spiro atoms. The van der Waals surface area contributed by atoms with E-state index in [4.69, 9.17) is 14.7 Å². The van der Waals surface area contributed by atoms with Gasteiger partial charge in [-0.25, -0.2) is 9.37 Å². The van der Waals surface area contributed by atoms with Crippen molar-refractivity contribution in [2.24, 2.45) is 5.92 Å². The lowest BCUT2D eigenvalue weighted by molar-refractivity contribution is 0.237. The first-order valence-corrected chi connectivity index (χ1v) is 11.9. The molecule has 5 rings (SSSR count). The van der Waals surface area contributed by atoms with Gasteiger partial charge in [-0.15, -0.1) is 0 Å². The average Bonchev–Trinajstić information content (AvgIpc) is 2.82. The molecule has 1 fully saturated rings. The van der Waals surface area contributed by atoms with Gasteiger partial charge in [-0.3, -0.25) is 4.90 Å². The number of aryl methyl sites for hydroxylation is 1. The maximum absolute atomic E-state index is 14.4. The third kappa shape index (κ3) is 5.01. The van der Waals surface area contributed by atoms with E-state index < -0.39 is 0 Å². The Kier molecular flexibility index (Phi) is 6.27. The number of piperidine rings is 1. The highest BCUT2D eigenvalue weighted by Crippen LogP contribution is 2.33. The second-order valence-electron chi connectivity index (χ2n) is 9.40. The molecule has 0 aliphatic carbocycles. The Morgan fingerprint density at radius 2 is 1.76 bits per heavy atom. The summed E-state index contributed by atoms with van der Waals surface area (Å²) in [5, 5.41) is 0. The fourth-order valence-corrected chi connectivity index (χ4v) is 4.58. The smallest absolute Gasteiger partial charge is 0.229 e. The van der Waals surface area contributed by atoms with Crippen LogP contribution in [0.1, 0.15) is 42.1 Å². The molecule has 5 nitrogen and oxygen atoms in total. The second-order valence-corrected chi connectivity index (χ2v) is 9.40. The summed E-state index contributed by atoms with van der Waals surface area (Å²) in [7, 11) is 0. The Hall–Kier alpha value is -2.99. The molecule has 3 aromatic rings. The van der Waals surface area contributed by atoms with Crippen molar-refractivity contribution in [2.45, 2.75) is 46.2 Å². The summed E-state index contributed by atoms with van der Waals surface area (Å²) < 4.78 is 20.5. The summed E-state index contributed by atoms with van der Waals surface area (Å²) in [6.07, 6.45) is 3.09. The molecule has 2 aromatic carbocycles. The minimum absolute atomic E-state index is 0.201. The third-order valence-electron chi connectivity index (χ3n) is 6.73. The van der Waals surface area contributed by atoms with Crippen LogP contribution in [0.5, 0.6) is 11.6 Å². The van der Waals surface area contributed by atoms with Crippen LogP contribution >= 0.6 is 0 Å². The molecule has 0 bridgehead atoms. The molecule has 2 aliphatic heterocycles. The fourth-order valence-electron chi connectivity index (χ4n) is 4.58. The standard InChI is InChI=1S/C27H31FN4O/c1-19-7-9-21(10-8-19)17-31-14-13-24-22(18-31)26(33-25-6-4-3-5-23(25)28)30-27(29-24)32-15-11-20(2)12-16-32/h3-10,20H,11-18H2,1-2H3. The number of halogens is 1. The zero-order valence-corrected chi connectivity index (χ0v) is 19.4. The molecule has 1 saturated heterocycles. The molecule has 0 N–H and O–H groups in total. The topological polar surface area (TPSA) is 41.5 Å². The van der Waals surface area contributed by atoms with Crippen molar-refractivity contribution >= 4 is 5.95 Å². The Balaban J connectivity index is 1.45. The van der Waals surface area contributed by atoms with Crippen molar-refractivity contribution in [1.82, 2.24) is 14.9 Å². The summed E-state index contributed by atoms with van der Waals surface area (Å²) in [4.78, 5) is 14.4. The van der Waals surface area contributed by atoms with Gasteiger partial charge >= 0.3 is 0 Å². The van der Waals surface area contributed by atoms with Crippen LogP contribution in [0, 0.1) is 18.7 Å². The lowest BCUT2D eigenvalue weighted by atomic mass is 9.99. The predicted octanol–water partition coefficient (Wildman–Crippen LogP) is 5.51. The van der Waals surface area contributed by atoms with E-state index in [9.17, 15) is 4.39 Å². The van der Waals surface area contributed by atoms with Crippen molar-refractivity contribution in [3.05, 3.63) is 76.7 Å². The third-order valence-corrected chi connectivity index (χ3v) is 6.73. The Labute approximate surface area is 195 Å². The van der Waals surface area contributed by atoms with Crippen molar-refractivity contribution < 1.29 is 9.13 Å². The van der Waals surface area contributed by atoms with Crippen LogP contribution in [-0.2, 0) is 19.5 Å². The van der Waals surface area contributed by atoms with E-state index in [0.29, 0.717) is 18.4 Å². The fraction of sp³-hybridized carbons (Fsp3) is 0.407. The summed E-state index contributed by atoms with van der Waals surface area (Å²) in [5.74, 6) is 1.73. The summed E-state index contributed by atoms with van der Waals surface area (Å²) in [6, 6.07) is 15.2. The average molecular weight is 447 g/mol. The van der Waals surface area contributed by atoms with Crippen LogP contribution in [0.3, 0.4) is 0 Å². The normalized spacial score (nSPS) is 17.1. The van der Waals surface area contributed by atoms with Gasteiger partial charge in [-0.2, -0.15) is 4.98 Å². The Bertz CT molecular complexity index is 1110. The van der Waals surface area contributed by atoms with E-state index in [1.807, 2.05) is 0 Å². The molecule has 33 heavy (non-hydrogen) atoms. The van der Waals surface area contributed by atoms with Crippen LogP contribution in [0.2, 0.25) is 0 Å². The van der Waals surface area contributed by atoms with E-state index in [-0.39, 0.29) is 11.6 Å². The lowest BCUT2D eigenvalue weighted by Crippen LogP contribution is -2.36. The number of benzene rings is 2. The first-order valence-electron chi connectivity index (χ1n) is 11.9. The number of fused-ring (bicyclic) bond motifs is 1. The highest BCUT2D eigenvalue weighted by Gasteiger charge is 2.27. The molecule has 0 saturated carbocycles. The molecule has 172 valence electrons. The van der Waals surface area contributed by atoms with E-state index in [0.717, 1.165) is 62.6 Å². The van der Waals surface area contributed by atoms with Gasteiger partial charge in [-0.05, 0) is 43.4 Å². The van der Waals surface area contributed by atoms with Crippen molar-refractivity contribution in [2.75, 3.05) is 24.5 Å². The molecule has 0 atom stereocenters. The van der Waals surface area contributed by atoms with Crippen LogP contribution in [-0.4, -0.2) is 34.5 Å². The summed E-state index contributed by atoms with van der Waals surface area (Å²) in [5.41, 5.74) is 4.52. The number of anilines is 1. The van der Waals surface area contributed by atoms with Gasteiger partial charge in [0.2, 0.25) is 11.8 Å². The van der Waals surface area contributed by atoms with E-state index in [1.54, 1.807) is 18.2 Å². The maximum atomic E-state index is 14.4. The molecular formula is C27H31FN4O. The number of rotatable bonds is 5. The lowest BCUT2D eigenvalue weighted by Gasteiger charge is -2.33. The molecule has 3 heterocycles. The van der Waals surface area contributed by atoms with Gasteiger partial charge in [0, 0.05) is 39.1 Å². The highest BCUT2D eigenvalue weighted by molar-refractivity contribution is 5.44. The molecule has 2 aliphatic rings. The number of ether oxygens (including phenoxy) is 1. The van der Waals surface area contributed by atoms with Gasteiger partial charge in [-0.1, -0.05) is 48.9 Å². The SMILES string of the molecule is Cc1ccc(CN2CCc3nc(N4CCC(C)CC4)nc(Oc4ccccc4F)c3C2)cc1. The van der Waals surface area contributed by atoms with Crippen molar-refractivity contribution in [3.8, 4) is 11.6 Å². The number of aromatic nitrogens is 2. The minimum Gasteiger partial charge on any atom is -0.435 e. The van der Waals surface area contributed by atoms with Gasteiger partial charge < -0.3 is 9.64 Å². The van der Waals surface area contributed by atoms with Crippen LogP contribution in [0.15, 0.2) is 48.5 Å². The number of para-hydroxylation sites is 1. The predicted molar refractivity (Wildman–Crippen MR) is 128 cm³/mol. The molecule has 1 aromatic heterocycles. The van der Waals surface area contributed by atoms with Crippen LogP contribution in [0.4, 0.5) is 10.3 Å². The monoisotopic (exact) mass is 446 g/mol. The largest absolute Gasteiger partial charge is 0.435 e. The second kappa shape index (κ2) is 9.48. The van der Waals surface area contributed by atoms with Crippen LogP contribution < -0.4 is 9.64 Å². The molecule has 6 heteroatoms. The molecule has 0 amide bonds. The first kappa shape index (κ1) is 21.8. The maximum Gasteiger partial charge on any atom is 0.229 e. The van der Waals surface area contributed by atoms with Crippen LogP contribution in [0.25, 0.3) is 0 Å². The van der Waals surface area contributed by atoms with E-state index in [2.05, 4.69) is 47.9 Å². The molecule has 0 unspecified atom stereocenters. The van der Waals surface area contributed by atoms with Crippen molar-refractivity contribution in [3.63, 3.8) is 0 Å². The Morgan fingerprint density at radius 1 is 1.00 bits per heavy atom. The minimum atomic E-state index is -0.384. The number of hydrogen-bond donors (Lipinski definition) is 0. The van der Waals surface area contributed by atoms with E-state index in [1.165, 1.54) is 17.2 Å². The summed E-state index contributed by atoms with van der Waals surface area (Å²) >= 11 is 0. The van der Waals surface area contributed by atoms with Crippen molar-refractivity contribution in [1.29, 1.82) is 0 Å².